The van der Waals surface area contributed by atoms with Gasteiger partial charge in [0.25, 0.3) is 5.91 Å². The number of hydrogen-bond donors (Lipinski definition) is 3. The van der Waals surface area contributed by atoms with Gasteiger partial charge in [-0.05, 0) is 39.3 Å². The number of carboxylic acids is 1. The Morgan fingerprint density at radius 1 is 1.32 bits per heavy atom. The highest BCUT2D eigenvalue weighted by molar-refractivity contribution is 7.81. The van der Waals surface area contributed by atoms with Crippen LogP contribution < -0.4 is 5.32 Å². The Hall–Kier alpha value is -1.49. The van der Waals surface area contributed by atoms with Crippen molar-refractivity contribution in [2.24, 2.45) is 0 Å². The van der Waals surface area contributed by atoms with Gasteiger partial charge in [0.15, 0.2) is 0 Å². The minimum Gasteiger partial charge on any atom is -0.480 e. The van der Waals surface area contributed by atoms with Crippen molar-refractivity contribution in [3.63, 3.8) is 0 Å². The molecule has 0 aliphatic carbocycles. The van der Waals surface area contributed by atoms with Crippen LogP contribution >= 0.6 is 12.6 Å². The van der Waals surface area contributed by atoms with E-state index >= 15 is 0 Å². The number of carbonyl (C=O) groups is 2. The third kappa shape index (κ3) is 3.99. The second-order valence-corrected chi connectivity index (χ2v) is 6.37. The van der Waals surface area contributed by atoms with Crippen LogP contribution in [0, 0.1) is 13.8 Å². The van der Waals surface area contributed by atoms with Crippen LogP contribution in [-0.4, -0.2) is 27.8 Å². The summed E-state index contributed by atoms with van der Waals surface area (Å²) >= 11 is 4.22. The zero-order valence-corrected chi connectivity index (χ0v) is 12.4. The molecule has 1 rings (SSSR count). The molecule has 1 aromatic rings. The fourth-order valence-electron chi connectivity index (χ4n) is 1.82. The molecule has 0 bridgehead atoms. The normalized spacial score (nSPS) is 12.9. The summed E-state index contributed by atoms with van der Waals surface area (Å²) in [6.07, 6.45) is 0. The zero-order chi connectivity index (χ0) is 14.8. The van der Waals surface area contributed by atoms with E-state index in [2.05, 4.69) is 17.9 Å². The Kier molecular flexibility index (Phi) is 4.63. The molecule has 0 aliphatic rings. The number of nitrogens with one attached hydrogen (secondary N) is 1. The highest BCUT2D eigenvalue weighted by atomic mass is 32.1. The van der Waals surface area contributed by atoms with Gasteiger partial charge in [-0.15, -0.1) is 0 Å². The van der Waals surface area contributed by atoms with E-state index in [0.717, 1.165) is 11.1 Å². The van der Waals surface area contributed by atoms with Crippen molar-refractivity contribution in [2.45, 2.75) is 38.5 Å². The number of thiol groups is 1. The lowest BCUT2D eigenvalue weighted by Crippen LogP contribution is -2.51. The van der Waals surface area contributed by atoms with Crippen molar-refractivity contribution in [3.8, 4) is 0 Å². The van der Waals surface area contributed by atoms with Gasteiger partial charge in [0, 0.05) is 10.3 Å². The van der Waals surface area contributed by atoms with Crippen LogP contribution in [0.3, 0.4) is 0 Å². The van der Waals surface area contributed by atoms with Crippen LogP contribution in [0.4, 0.5) is 0 Å². The van der Waals surface area contributed by atoms with Crippen molar-refractivity contribution in [1.29, 1.82) is 0 Å². The first-order valence-corrected chi connectivity index (χ1v) is 6.41. The molecule has 1 amide bonds. The summed E-state index contributed by atoms with van der Waals surface area (Å²) in [5.41, 5.74) is 2.35. The van der Waals surface area contributed by atoms with Gasteiger partial charge in [0.05, 0.1) is 0 Å². The van der Waals surface area contributed by atoms with Crippen LogP contribution in [0.1, 0.15) is 35.3 Å². The van der Waals surface area contributed by atoms with Gasteiger partial charge in [-0.3, -0.25) is 4.79 Å². The molecular formula is C14H19NO3S. The molecule has 0 heterocycles. The molecule has 0 radical (unpaired) electrons. The summed E-state index contributed by atoms with van der Waals surface area (Å²) in [6, 6.07) is 4.36. The maximum absolute atomic E-state index is 12.1. The lowest BCUT2D eigenvalue weighted by atomic mass is 10.0. The van der Waals surface area contributed by atoms with Crippen LogP contribution in [-0.2, 0) is 4.79 Å². The van der Waals surface area contributed by atoms with Gasteiger partial charge < -0.3 is 10.4 Å². The molecule has 19 heavy (non-hydrogen) atoms. The summed E-state index contributed by atoms with van der Waals surface area (Å²) in [6.45, 7) is 7.06. The van der Waals surface area contributed by atoms with Gasteiger partial charge in [-0.1, -0.05) is 17.7 Å². The molecule has 1 aromatic carbocycles. The number of benzene rings is 1. The smallest absolute Gasteiger partial charge is 0.327 e. The molecule has 1 atom stereocenters. The second-order valence-electron chi connectivity index (χ2n) is 5.22. The molecule has 2 N–H and O–H groups in total. The quantitative estimate of drug-likeness (QED) is 0.741. The van der Waals surface area contributed by atoms with Crippen molar-refractivity contribution < 1.29 is 14.7 Å². The molecule has 0 spiro atoms. The molecule has 0 saturated carbocycles. The van der Waals surface area contributed by atoms with Gasteiger partial charge in [-0.2, -0.15) is 12.6 Å². The van der Waals surface area contributed by atoms with Crippen LogP contribution in [0.25, 0.3) is 0 Å². The number of amides is 1. The van der Waals surface area contributed by atoms with Crippen molar-refractivity contribution in [2.75, 3.05) is 0 Å². The maximum Gasteiger partial charge on any atom is 0.327 e. The summed E-state index contributed by atoms with van der Waals surface area (Å²) in [7, 11) is 0. The van der Waals surface area contributed by atoms with E-state index in [-0.39, 0.29) is 0 Å². The SMILES string of the molecule is Cc1ccc(C(=O)NC(C(=O)O)C(C)(C)S)c(C)c1. The molecule has 0 saturated heterocycles. The molecule has 1 unspecified atom stereocenters. The van der Waals surface area contributed by atoms with Crippen LogP contribution in [0.15, 0.2) is 18.2 Å². The van der Waals surface area contributed by atoms with E-state index in [1.54, 1.807) is 19.9 Å². The van der Waals surface area contributed by atoms with E-state index in [4.69, 9.17) is 5.11 Å². The monoisotopic (exact) mass is 281 g/mol. The number of carboxylic acid groups (broad SMARTS) is 1. The first kappa shape index (κ1) is 15.6. The fraction of sp³-hybridized carbons (Fsp3) is 0.429. The summed E-state index contributed by atoms with van der Waals surface area (Å²) in [5, 5.41) is 11.7. The Labute approximate surface area is 118 Å². The number of aryl methyl sites for hydroxylation is 2. The van der Waals surface area contributed by atoms with Gasteiger partial charge in [-0.25, -0.2) is 4.79 Å². The Balaban J connectivity index is 2.98. The summed E-state index contributed by atoms with van der Waals surface area (Å²) < 4.78 is -0.847. The highest BCUT2D eigenvalue weighted by Gasteiger charge is 2.33. The topological polar surface area (TPSA) is 66.4 Å². The van der Waals surface area contributed by atoms with Gasteiger partial charge in [0.1, 0.15) is 6.04 Å². The number of aliphatic carboxylic acids is 1. The van der Waals surface area contributed by atoms with Crippen molar-refractivity contribution in [3.05, 3.63) is 34.9 Å². The lowest BCUT2D eigenvalue weighted by Gasteiger charge is -2.27. The van der Waals surface area contributed by atoms with E-state index in [9.17, 15) is 9.59 Å². The van der Waals surface area contributed by atoms with Gasteiger partial charge in [0.2, 0.25) is 0 Å². The summed E-state index contributed by atoms with van der Waals surface area (Å²) in [5.74, 6) is -1.50. The Morgan fingerprint density at radius 3 is 2.32 bits per heavy atom. The molecule has 4 nitrogen and oxygen atoms in total. The molecular weight excluding hydrogens is 262 g/mol. The average Bonchev–Trinajstić information content (AvgIpc) is 2.23. The lowest BCUT2D eigenvalue weighted by molar-refractivity contribution is -0.139. The largest absolute Gasteiger partial charge is 0.480 e. The molecule has 5 heteroatoms. The first-order valence-electron chi connectivity index (χ1n) is 5.96. The van der Waals surface area contributed by atoms with Crippen molar-refractivity contribution in [1.82, 2.24) is 5.32 Å². The third-order valence-electron chi connectivity index (χ3n) is 2.86. The van der Waals surface area contributed by atoms with Crippen molar-refractivity contribution >= 4 is 24.5 Å². The van der Waals surface area contributed by atoms with E-state index in [1.165, 1.54) is 0 Å². The fourth-order valence-corrected chi connectivity index (χ4v) is 1.99. The molecule has 104 valence electrons. The van der Waals surface area contributed by atoms with Crippen LogP contribution in [0.5, 0.6) is 0 Å². The minimum atomic E-state index is -1.10. The highest BCUT2D eigenvalue weighted by Crippen LogP contribution is 2.19. The third-order valence-corrected chi connectivity index (χ3v) is 3.11. The predicted octanol–water partition coefficient (Wildman–Crippen LogP) is 2.19. The second kappa shape index (κ2) is 5.65. The van der Waals surface area contributed by atoms with E-state index in [1.807, 2.05) is 26.0 Å². The Bertz CT molecular complexity index is 506. The number of carbonyl (C=O) groups excluding carboxylic acids is 1. The Morgan fingerprint density at radius 2 is 1.89 bits per heavy atom. The number of hydrogen-bond acceptors (Lipinski definition) is 3. The molecule has 0 aromatic heterocycles. The molecule has 0 fully saturated rings. The standard InChI is InChI=1S/C14H19NO3S/c1-8-5-6-10(9(2)7-8)12(16)15-11(13(17)18)14(3,4)19/h5-7,11,19H,1-4H3,(H,15,16)(H,17,18). The average molecular weight is 281 g/mol. The maximum atomic E-state index is 12.1. The van der Waals surface area contributed by atoms with E-state index in [0.29, 0.717) is 5.56 Å². The van der Waals surface area contributed by atoms with Gasteiger partial charge >= 0.3 is 5.97 Å². The minimum absolute atomic E-state index is 0.396. The van der Waals surface area contributed by atoms with Crippen LogP contribution in [0.2, 0.25) is 0 Å². The summed E-state index contributed by atoms with van der Waals surface area (Å²) in [4.78, 5) is 23.3. The number of rotatable bonds is 4. The first-order chi connectivity index (χ1) is 8.62. The molecule has 0 aliphatic heterocycles. The zero-order valence-electron chi connectivity index (χ0n) is 11.5. The van der Waals surface area contributed by atoms with E-state index < -0.39 is 22.7 Å². The predicted molar refractivity (Wildman–Crippen MR) is 77.9 cm³/mol.